The smallest absolute Gasteiger partial charge is 0.317 e. The predicted molar refractivity (Wildman–Crippen MR) is 71.2 cm³/mol. The molecule has 5 nitrogen and oxygen atoms in total. The quantitative estimate of drug-likeness (QED) is 0.805. The van der Waals surface area contributed by atoms with Gasteiger partial charge in [-0.25, -0.2) is 4.39 Å². The van der Waals surface area contributed by atoms with E-state index in [1.165, 1.54) is 12.1 Å². The van der Waals surface area contributed by atoms with Crippen LogP contribution >= 0.6 is 0 Å². The standard InChI is InChI=1S/C14H17FN2O3/c15-12-4-2-1-3-11(12)13(18)9-16-5-7-17(8-6-16)10-14(19)20/h1-4H,5-10H2,(H,19,20). The summed E-state index contributed by atoms with van der Waals surface area (Å²) in [5, 5.41) is 8.71. The fourth-order valence-corrected chi connectivity index (χ4v) is 2.27. The number of ketones is 1. The monoisotopic (exact) mass is 280 g/mol. The first-order valence-electron chi connectivity index (χ1n) is 6.50. The first-order chi connectivity index (χ1) is 9.56. The van der Waals surface area contributed by atoms with Gasteiger partial charge in [0.2, 0.25) is 0 Å². The molecule has 1 saturated heterocycles. The Morgan fingerprint density at radius 2 is 1.60 bits per heavy atom. The summed E-state index contributed by atoms with van der Waals surface area (Å²) in [4.78, 5) is 26.4. The second-order valence-corrected chi connectivity index (χ2v) is 4.85. The summed E-state index contributed by atoms with van der Waals surface area (Å²) in [6, 6.07) is 5.95. The molecule has 1 fully saturated rings. The second kappa shape index (κ2) is 6.58. The van der Waals surface area contributed by atoms with E-state index in [0.717, 1.165) is 0 Å². The third-order valence-corrected chi connectivity index (χ3v) is 3.37. The van der Waals surface area contributed by atoms with Gasteiger partial charge >= 0.3 is 5.97 Å². The van der Waals surface area contributed by atoms with Gasteiger partial charge in [0, 0.05) is 26.2 Å². The minimum atomic E-state index is -0.846. The van der Waals surface area contributed by atoms with Gasteiger partial charge in [-0.15, -0.1) is 0 Å². The summed E-state index contributed by atoms with van der Waals surface area (Å²) in [6.45, 7) is 2.64. The second-order valence-electron chi connectivity index (χ2n) is 4.85. The Balaban J connectivity index is 1.85. The molecule has 0 unspecified atom stereocenters. The maximum atomic E-state index is 13.5. The Labute approximate surface area is 116 Å². The fourth-order valence-electron chi connectivity index (χ4n) is 2.27. The van der Waals surface area contributed by atoms with Crippen LogP contribution in [-0.2, 0) is 4.79 Å². The largest absolute Gasteiger partial charge is 0.480 e. The van der Waals surface area contributed by atoms with Gasteiger partial charge in [-0.3, -0.25) is 19.4 Å². The van der Waals surface area contributed by atoms with Crippen LogP contribution in [0.3, 0.4) is 0 Å². The van der Waals surface area contributed by atoms with Gasteiger partial charge < -0.3 is 5.11 Å². The molecule has 1 N–H and O–H groups in total. The summed E-state index contributed by atoms with van der Waals surface area (Å²) in [5.74, 6) is -1.59. The van der Waals surface area contributed by atoms with E-state index in [9.17, 15) is 14.0 Å². The van der Waals surface area contributed by atoms with Crippen molar-refractivity contribution in [2.24, 2.45) is 0 Å². The van der Waals surface area contributed by atoms with Gasteiger partial charge in [0.15, 0.2) is 5.78 Å². The fraction of sp³-hybridized carbons (Fsp3) is 0.429. The molecule has 0 amide bonds. The Hall–Kier alpha value is -1.79. The van der Waals surface area contributed by atoms with E-state index >= 15 is 0 Å². The number of Topliss-reactive ketones (excluding diaryl/α,β-unsaturated/α-hetero) is 1. The Morgan fingerprint density at radius 3 is 2.15 bits per heavy atom. The number of halogens is 1. The zero-order chi connectivity index (χ0) is 14.5. The summed E-state index contributed by atoms with van der Waals surface area (Å²) in [6.07, 6.45) is 0. The highest BCUT2D eigenvalue weighted by atomic mass is 19.1. The van der Waals surface area contributed by atoms with Crippen molar-refractivity contribution in [1.82, 2.24) is 9.80 Å². The average Bonchev–Trinajstić information content (AvgIpc) is 2.41. The normalized spacial score (nSPS) is 17.1. The number of carboxylic acid groups (broad SMARTS) is 1. The zero-order valence-electron chi connectivity index (χ0n) is 11.1. The minimum Gasteiger partial charge on any atom is -0.480 e. The number of carboxylic acids is 1. The van der Waals surface area contributed by atoms with Crippen LogP contribution in [0.1, 0.15) is 10.4 Å². The van der Waals surface area contributed by atoms with Crippen molar-refractivity contribution in [3.63, 3.8) is 0 Å². The summed E-state index contributed by atoms with van der Waals surface area (Å²) in [5.41, 5.74) is 0.112. The van der Waals surface area contributed by atoms with Crippen LogP contribution in [0, 0.1) is 5.82 Å². The SMILES string of the molecule is O=C(O)CN1CCN(CC(=O)c2ccccc2F)CC1. The van der Waals surface area contributed by atoms with E-state index in [-0.39, 0.29) is 24.4 Å². The highest BCUT2D eigenvalue weighted by Gasteiger charge is 2.21. The number of carbonyl (C=O) groups is 2. The van der Waals surface area contributed by atoms with Crippen LogP contribution in [0.25, 0.3) is 0 Å². The maximum absolute atomic E-state index is 13.5. The lowest BCUT2D eigenvalue weighted by Gasteiger charge is -2.33. The molecule has 2 rings (SSSR count). The first-order valence-corrected chi connectivity index (χ1v) is 6.50. The van der Waals surface area contributed by atoms with Crippen LogP contribution in [0.15, 0.2) is 24.3 Å². The number of aliphatic carboxylic acids is 1. The zero-order valence-corrected chi connectivity index (χ0v) is 11.1. The number of hydrogen-bond acceptors (Lipinski definition) is 4. The lowest BCUT2D eigenvalue weighted by molar-refractivity contribution is -0.138. The van der Waals surface area contributed by atoms with Crippen LogP contribution in [0.5, 0.6) is 0 Å². The molecule has 1 heterocycles. The van der Waals surface area contributed by atoms with E-state index in [1.807, 2.05) is 9.80 Å². The number of hydrogen-bond donors (Lipinski definition) is 1. The number of piperazine rings is 1. The molecule has 0 radical (unpaired) electrons. The van der Waals surface area contributed by atoms with Crippen molar-refractivity contribution in [3.05, 3.63) is 35.6 Å². The maximum Gasteiger partial charge on any atom is 0.317 e. The van der Waals surface area contributed by atoms with E-state index in [1.54, 1.807) is 12.1 Å². The molecule has 0 spiro atoms. The van der Waals surface area contributed by atoms with Gasteiger partial charge in [-0.2, -0.15) is 0 Å². The van der Waals surface area contributed by atoms with Gasteiger partial charge in [0.25, 0.3) is 0 Å². The first kappa shape index (κ1) is 14.6. The molecule has 0 aliphatic carbocycles. The summed E-state index contributed by atoms with van der Waals surface area (Å²) in [7, 11) is 0. The molecule has 1 aromatic rings. The predicted octanol–water partition coefficient (Wildman–Crippen LogP) is 0.711. The Morgan fingerprint density at radius 1 is 1.05 bits per heavy atom. The van der Waals surface area contributed by atoms with E-state index in [2.05, 4.69) is 0 Å². The minimum absolute atomic E-state index is 0.0229. The molecule has 1 aliphatic rings. The van der Waals surface area contributed by atoms with Crippen molar-refractivity contribution < 1.29 is 19.1 Å². The lowest BCUT2D eigenvalue weighted by atomic mass is 10.1. The third-order valence-electron chi connectivity index (χ3n) is 3.37. The van der Waals surface area contributed by atoms with Crippen molar-refractivity contribution in [2.75, 3.05) is 39.3 Å². The molecule has 0 bridgehead atoms. The highest BCUT2D eigenvalue weighted by Crippen LogP contribution is 2.09. The number of nitrogens with zero attached hydrogens (tertiary/aromatic N) is 2. The highest BCUT2D eigenvalue weighted by molar-refractivity contribution is 5.97. The molecular weight excluding hydrogens is 263 g/mol. The van der Waals surface area contributed by atoms with Gasteiger partial charge in [-0.1, -0.05) is 12.1 Å². The number of rotatable bonds is 5. The summed E-state index contributed by atoms with van der Waals surface area (Å²) < 4.78 is 13.5. The Kier molecular flexibility index (Phi) is 4.81. The molecule has 6 heteroatoms. The lowest BCUT2D eigenvalue weighted by Crippen LogP contribution is -2.49. The Bertz CT molecular complexity index is 499. The molecule has 1 aliphatic heterocycles. The third kappa shape index (κ3) is 3.85. The van der Waals surface area contributed by atoms with E-state index in [4.69, 9.17) is 5.11 Å². The number of carbonyl (C=O) groups excluding carboxylic acids is 1. The van der Waals surface area contributed by atoms with Crippen molar-refractivity contribution in [1.29, 1.82) is 0 Å². The molecule has 0 saturated carbocycles. The number of benzene rings is 1. The topological polar surface area (TPSA) is 60.9 Å². The van der Waals surface area contributed by atoms with Gasteiger partial charge in [0.1, 0.15) is 5.82 Å². The van der Waals surface area contributed by atoms with Crippen LogP contribution < -0.4 is 0 Å². The average molecular weight is 280 g/mol. The molecule has 108 valence electrons. The van der Waals surface area contributed by atoms with Crippen molar-refractivity contribution in [3.8, 4) is 0 Å². The van der Waals surface area contributed by atoms with Crippen molar-refractivity contribution in [2.45, 2.75) is 0 Å². The van der Waals surface area contributed by atoms with E-state index < -0.39 is 11.8 Å². The molecule has 20 heavy (non-hydrogen) atoms. The molecule has 1 aromatic carbocycles. The van der Waals surface area contributed by atoms with Crippen LogP contribution in [-0.4, -0.2) is 65.9 Å². The molecule has 0 atom stereocenters. The molecular formula is C14H17FN2O3. The van der Waals surface area contributed by atoms with Crippen LogP contribution in [0.4, 0.5) is 4.39 Å². The molecule has 0 aromatic heterocycles. The van der Waals surface area contributed by atoms with E-state index in [0.29, 0.717) is 26.2 Å². The van der Waals surface area contributed by atoms with Crippen molar-refractivity contribution >= 4 is 11.8 Å². The van der Waals surface area contributed by atoms with Crippen LogP contribution in [0.2, 0.25) is 0 Å². The van der Waals surface area contributed by atoms with Gasteiger partial charge in [0.05, 0.1) is 18.7 Å². The van der Waals surface area contributed by atoms with Gasteiger partial charge in [-0.05, 0) is 12.1 Å². The summed E-state index contributed by atoms with van der Waals surface area (Å²) >= 11 is 0.